The molecule has 0 aliphatic rings. The van der Waals surface area contributed by atoms with E-state index in [1.807, 2.05) is 13.8 Å². The van der Waals surface area contributed by atoms with E-state index in [1.54, 1.807) is 18.2 Å². The quantitative estimate of drug-likeness (QED) is 0.846. The van der Waals surface area contributed by atoms with Crippen LogP contribution in [0.5, 0.6) is 11.6 Å². The van der Waals surface area contributed by atoms with E-state index >= 15 is 0 Å². The molecular formula is C18H17ClN2O4. The Morgan fingerprint density at radius 2 is 1.88 bits per heavy atom. The number of hydrogen-bond donors (Lipinski definition) is 1. The van der Waals surface area contributed by atoms with Gasteiger partial charge < -0.3 is 9.84 Å². The Morgan fingerprint density at radius 3 is 2.40 bits per heavy atom. The van der Waals surface area contributed by atoms with Crippen molar-refractivity contribution in [2.45, 2.75) is 20.8 Å². The van der Waals surface area contributed by atoms with Crippen LogP contribution in [0, 0.1) is 32.1 Å². The second kappa shape index (κ2) is 6.99. The van der Waals surface area contributed by atoms with Gasteiger partial charge >= 0.3 is 0 Å². The first kappa shape index (κ1) is 18.6. The summed E-state index contributed by atoms with van der Waals surface area (Å²) in [4.78, 5) is 24.4. The van der Waals surface area contributed by atoms with Crippen molar-refractivity contribution in [1.82, 2.24) is 4.57 Å². The zero-order valence-corrected chi connectivity index (χ0v) is 15.1. The first-order valence-electron chi connectivity index (χ1n) is 7.44. The minimum atomic E-state index is -0.654. The van der Waals surface area contributed by atoms with E-state index in [0.29, 0.717) is 10.8 Å². The average Bonchev–Trinajstić information content (AvgIpc) is 2.56. The third-order valence-corrected chi connectivity index (χ3v) is 4.58. The largest absolute Gasteiger partial charge is 0.494 e. The highest BCUT2D eigenvalue weighted by Crippen LogP contribution is 2.26. The maximum Gasteiger partial charge on any atom is 0.271 e. The molecule has 6 nitrogen and oxygen atoms in total. The zero-order chi connectivity index (χ0) is 18.9. The number of Topliss-reactive ketones (excluding diaryl/α,β-unsaturated/α-hetero) is 1. The van der Waals surface area contributed by atoms with E-state index in [2.05, 4.69) is 0 Å². The molecule has 25 heavy (non-hydrogen) atoms. The Bertz CT molecular complexity index is 948. The number of nitrogens with zero attached hydrogens (tertiary/aromatic N) is 2. The molecule has 0 fully saturated rings. The first-order chi connectivity index (χ1) is 11.7. The topological polar surface area (TPSA) is 92.3 Å². The van der Waals surface area contributed by atoms with Crippen molar-refractivity contribution in [2.75, 3.05) is 6.61 Å². The fraction of sp³-hybridized carbons (Fsp3) is 0.278. The molecule has 1 N–H and O–H groups in total. The van der Waals surface area contributed by atoms with Crippen LogP contribution in [-0.2, 0) is 7.05 Å². The van der Waals surface area contributed by atoms with Crippen molar-refractivity contribution in [3.63, 3.8) is 0 Å². The number of aromatic hydroxyl groups is 1. The molecule has 1 heterocycles. The molecule has 2 rings (SSSR count). The lowest BCUT2D eigenvalue weighted by atomic mass is 10.0. The van der Waals surface area contributed by atoms with E-state index in [9.17, 15) is 14.7 Å². The Labute approximate surface area is 149 Å². The van der Waals surface area contributed by atoms with Crippen LogP contribution in [0.25, 0.3) is 0 Å². The average molecular weight is 361 g/mol. The highest BCUT2D eigenvalue weighted by molar-refractivity contribution is 6.32. The summed E-state index contributed by atoms with van der Waals surface area (Å²) >= 11 is 6.10. The lowest BCUT2D eigenvalue weighted by Crippen LogP contribution is -2.25. The number of carbonyl (C=O) groups excluding carboxylic acids is 1. The van der Waals surface area contributed by atoms with E-state index in [1.165, 1.54) is 14.0 Å². The van der Waals surface area contributed by atoms with Crippen molar-refractivity contribution in [1.29, 1.82) is 5.26 Å². The van der Waals surface area contributed by atoms with Gasteiger partial charge in [-0.05, 0) is 49.6 Å². The number of aryl methyl sites for hydroxylation is 2. The van der Waals surface area contributed by atoms with Gasteiger partial charge in [0.15, 0.2) is 6.61 Å². The fourth-order valence-electron chi connectivity index (χ4n) is 2.56. The van der Waals surface area contributed by atoms with Crippen molar-refractivity contribution in [2.24, 2.45) is 7.05 Å². The lowest BCUT2D eigenvalue weighted by Gasteiger charge is -2.13. The second-order valence-electron chi connectivity index (χ2n) is 5.76. The summed E-state index contributed by atoms with van der Waals surface area (Å²) in [5.74, 6) is -0.554. The van der Waals surface area contributed by atoms with Gasteiger partial charge in [0.1, 0.15) is 17.4 Å². The smallest absolute Gasteiger partial charge is 0.271 e. The summed E-state index contributed by atoms with van der Waals surface area (Å²) in [7, 11) is 1.29. The molecule has 0 saturated carbocycles. The summed E-state index contributed by atoms with van der Waals surface area (Å²) in [6.07, 6.45) is 0. The predicted octanol–water partition coefficient (Wildman–Crippen LogP) is 2.80. The summed E-state index contributed by atoms with van der Waals surface area (Å²) < 4.78 is 6.37. The van der Waals surface area contributed by atoms with Crippen LogP contribution >= 0.6 is 11.6 Å². The molecule has 2 aromatic rings. The van der Waals surface area contributed by atoms with Crippen molar-refractivity contribution in [3.8, 4) is 17.7 Å². The van der Waals surface area contributed by atoms with Gasteiger partial charge in [-0.25, -0.2) is 0 Å². The molecule has 1 aromatic heterocycles. The number of nitriles is 1. The van der Waals surface area contributed by atoms with Crippen LogP contribution in [0.1, 0.15) is 32.6 Å². The van der Waals surface area contributed by atoms with Crippen LogP contribution in [0.4, 0.5) is 0 Å². The van der Waals surface area contributed by atoms with E-state index in [-0.39, 0.29) is 23.3 Å². The number of ketones is 1. The van der Waals surface area contributed by atoms with Crippen molar-refractivity contribution >= 4 is 17.4 Å². The number of rotatable bonds is 4. The molecule has 0 radical (unpaired) electrons. The molecule has 0 aliphatic heterocycles. The standard InChI is InChI=1S/C18H17ClN2O4/c1-9-5-12(6-10(2)16(9)19)25-8-14(22)15-11(3)13(7-20)17(23)21(4)18(15)24/h5-6,24H,8H2,1-4H3. The molecule has 0 atom stereocenters. The number of aromatic nitrogens is 1. The number of halogens is 1. The van der Waals surface area contributed by atoms with Gasteiger partial charge in [0.25, 0.3) is 5.56 Å². The number of hydrogen-bond acceptors (Lipinski definition) is 5. The highest BCUT2D eigenvalue weighted by Gasteiger charge is 2.23. The minimum absolute atomic E-state index is 0.0962. The van der Waals surface area contributed by atoms with Gasteiger partial charge in [-0.3, -0.25) is 14.2 Å². The van der Waals surface area contributed by atoms with Crippen LogP contribution in [0.3, 0.4) is 0 Å². The molecule has 0 bridgehead atoms. The van der Waals surface area contributed by atoms with Gasteiger partial charge in [-0.15, -0.1) is 0 Å². The van der Waals surface area contributed by atoms with Crippen LogP contribution in [-0.4, -0.2) is 22.1 Å². The summed E-state index contributed by atoms with van der Waals surface area (Å²) in [6.45, 7) is 4.75. The van der Waals surface area contributed by atoms with E-state index in [4.69, 9.17) is 21.6 Å². The third-order valence-electron chi connectivity index (χ3n) is 3.98. The monoisotopic (exact) mass is 360 g/mol. The minimum Gasteiger partial charge on any atom is -0.494 e. The lowest BCUT2D eigenvalue weighted by molar-refractivity contribution is 0.0916. The third kappa shape index (κ3) is 3.37. The Balaban J connectivity index is 2.36. The molecule has 0 aliphatic carbocycles. The summed E-state index contributed by atoms with van der Waals surface area (Å²) in [5.41, 5.74) is 0.844. The molecule has 0 unspecified atom stereocenters. The number of benzene rings is 1. The first-order valence-corrected chi connectivity index (χ1v) is 7.82. The normalized spacial score (nSPS) is 10.4. The second-order valence-corrected chi connectivity index (χ2v) is 6.14. The van der Waals surface area contributed by atoms with Gasteiger partial charge in [-0.2, -0.15) is 5.26 Å². The Hall–Kier alpha value is -2.78. The van der Waals surface area contributed by atoms with Gasteiger partial charge in [0.05, 0.1) is 5.56 Å². The SMILES string of the molecule is Cc1cc(OCC(=O)c2c(C)c(C#N)c(=O)n(C)c2O)cc(C)c1Cl. The molecule has 1 aromatic carbocycles. The van der Waals surface area contributed by atoms with Gasteiger partial charge in [0, 0.05) is 12.1 Å². The molecule has 0 amide bonds. The van der Waals surface area contributed by atoms with Gasteiger partial charge in [-0.1, -0.05) is 11.6 Å². The molecule has 0 spiro atoms. The summed E-state index contributed by atoms with van der Waals surface area (Å²) in [6, 6.07) is 5.18. The number of pyridine rings is 1. The predicted molar refractivity (Wildman–Crippen MR) is 93.6 cm³/mol. The maximum absolute atomic E-state index is 12.5. The molecule has 7 heteroatoms. The van der Waals surface area contributed by atoms with Crippen molar-refractivity contribution in [3.05, 3.63) is 55.3 Å². The number of ether oxygens (including phenoxy) is 1. The molecule has 0 saturated heterocycles. The molecular weight excluding hydrogens is 344 g/mol. The van der Waals surface area contributed by atoms with Crippen molar-refractivity contribution < 1.29 is 14.6 Å². The van der Waals surface area contributed by atoms with E-state index < -0.39 is 17.2 Å². The van der Waals surface area contributed by atoms with Gasteiger partial charge in [0.2, 0.25) is 11.7 Å². The Kier molecular flexibility index (Phi) is 5.19. The maximum atomic E-state index is 12.5. The van der Waals surface area contributed by atoms with Crippen LogP contribution in [0.15, 0.2) is 16.9 Å². The number of carbonyl (C=O) groups is 1. The fourth-order valence-corrected chi connectivity index (χ4v) is 2.67. The van der Waals surface area contributed by atoms with E-state index in [0.717, 1.165) is 15.7 Å². The highest BCUT2D eigenvalue weighted by atomic mass is 35.5. The Morgan fingerprint density at radius 1 is 1.32 bits per heavy atom. The zero-order valence-electron chi connectivity index (χ0n) is 14.3. The van der Waals surface area contributed by atoms with Crippen LogP contribution in [0.2, 0.25) is 5.02 Å². The summed E-state index contributed by atoms with van der Waals surface area (Å²) in [5, 5.41) is 19.9. The van der Waals surface area contributed by atoms with Crippen LogP contribution < -0.4 is 10.3 Å². The molecule has 130 valence electrons.